The summed E-state index contributed by atoms with van der Waals surface area (Å²) in [5.41, 5.74) is 6.35. The molecule has 1 unspecified atom stereocenters. The van der Waals surface area contributed by atoms with Crippen molar-refractivity contribution >= 4 is 0 Å². The number of likely N-dealkylation sites (tertiary alicyclic amines) is 1. The van der Waals surface area contributed by atoms with Crippen LogP contribution in [-0.4, -0.2) is 41.8 Å². The third-order valence-electron chi connectivity index (χ3n) is 4.95. The molecule has 2 aliphatic carbocycles. The van der Waals surface area contributed by atoms with Gasteiger partial charge in [0, 0.05) is 30.1 Å². The molecule has 4 heteroatoms. The van der Waals surface area contributed by atoms with Gasteiger partial charge >= 0.3 is 0 Å². The van der Waals surface area contributed by atoms with Gasteiger partial charge in [0.15, 0.2) is 0 Å². The van der Waals surface area contributed by atoms with Crippen LogP contribution in [0.2, 0.25) is 0 Å². The van der Waals surface area contributed by atoms with E-state index in [4.69, 9.17) is 15.7 Å². The molecular formula is C13H21N3O. The van der Waals surface area contributed by atoms with Gasteiger partial charge in [0.2, 0.25) is 0 Å². The summed E-state index contributed by atoms with van der Waals surface area (Å²) < 4.78 is 5.88. The lowest BCUT2D eigenvalue weighted by atomic mass is 9.46. The second kappa shape index (κ2) is 3.68. The molecule has 4 nitrogen and oxygen atoms in total. The SMILES string of the molecule is CC(C)N1C[C@H]2CC3(N)[C@H]2[C@H]1[C@H]3OCCC#N. The first-order valence-electron chi connectivity index (χ1n) is 6.62. The summed E-state index contributed by atoms with van der Waals surface area (Å²) in [7, 11) is 0. The molecule has 1 aliphatic heterocycles. The quantitative estimate of drug-likeness (QED) is 0.730. The Kier molecular flexibility index (Phi) is 2.48. The highest BCUT2D eigenvalue weighted by Gasteiger charge is 2.75. The van der Waals surface area contributed by atoms with Crippen molar-refractivity contribution in [2.75, 3.05) is 13.2 Å². The van der Waals surface area contributed by atoms with Crippen molar-refractivity contribution in [1.82, 2.24) is 4.90 Å². The molecule has 94 valence electrons. The molecule has 0 aromatic heterocycles. The smallest absolute Gasteiger partial charge is 0.0916 e. The molecule has 3 fully saturated rings. The highest BCUT2D eigenvalue weighted by molar-refractivity contribution is 5.30. The van der Waals surface area contributed by atoms with Gasteiger partial charge in [0.1, 0.15) is 0 Å². The van der Waals surface area contributed by atoms with E-state index in [-0.39, 0.29) is 11.6 Å². The van der Waals surface area contributed by atoms with E-state index >= 15 is 0 Å². The van der Waals surface area contributed by atoms with Crippen LogP contribution in [0.3, 0.4) is 0 Å². The van der Waals surface area contributed by atoms with E-state index in [1.165, 1.54) is 6.54 Å². The molecule has 0 amide bonds. The van der Waals surface area contributed by atoms with Crippen molar-refractivity contribution in [3.8, 4) is 6.07 Å². The zero-order valence-corrected chi connectivity index (χ0v) is 10.6. The van der Waals surface area contributed by atoms with Crippen LogP contribution in [0, 0.1) is 23.2 Å². The maximum Gasteiger partial charge on any atom is 0.0916 e. The van der Waals surface area contributed by atoms with Crippen LogP contribution >= 0.6 is 0 Å². The highest BCUT2D eigenvalue weighted by Crippen LogP contribution is 2.63. The number of nitriles is 1. The first-order chi connectivity index (χ1) is 8.09. The van der Waals surface area contributed by atoms with Crippen molar-refractivity contribution < 1.29 is 4.74 Å². The average Bonchev–Trinajstić information content (AvgIpc) is 2.48. The van der Waals surface area contributed by atoms with Gasteiger partial charge in [-0.05, 0) is 26.2 Å². The fraction of sp³-hybridized carbons (Fsp3) is 0.923. The first-order valence-corrected chi connectivity index (χ1v) is 6.62. The van der Waals surface area contributed by atoms with Gasteiger partial charge < -0.3 is 10.5 Å². The molecule has 1 saturated heterocycles. The third kappa shape index (κ3) is 1.33. The predicted octanol–water partition coefficient (Wildman–Crippen LogP) is 0.725. The lowest BCUT2D eigenvalue weighted by Gasteiger charge is -2.66. The van der Waals surface area contributed by atoms with Crippen LogP contribution in [-0.2, 0) is 4.74 Å². The van der Waals surface area contributed by atoms with E-state index in [0.717, 1.165) is 12.3 Å². The van der Waals surface area contributed by atoms with Gasteiger partial charge in [-0.2, -0.15) is 5.26 Å². The van der Waals surface area contributed by atoms with E-state index in [2.05, 4.69) is 24.8 Å². The lowest BCUT2D eigenvalue weighted by molar-refractivity contribution is -0.196. The van der Waals surface area contributed by atoms with Crippen molar-refractivity contribution in [3.05, 3.63) is 0 Å². The minimum absolute atomic E-state index is 0.0750. The van der Waals surface area contributed by atoms with Crippen molar-refractivity contribution in [3.63, 3.8) is 0 Å². The molecule has 0 spiro atoms. The van der Waals surface area contributed by atoms with Gasteiger partial charge in [-0.15, -0.1) is 0 Å². The number of nitrogens with zero attached hydrogens (tertiary/aromatic N) is 2. The van der Waals surface area contributed by atoms with Crippen molar-refractivity contribution in [2.45, 2.75) is 50.4 Å². The molecule has 1 heterocycles. The molecule has 2 N–H and O–H groups in total. The molecule has 0 radical (unpaired) electrons. The lowest BCUT2D eigenvalue weighted by Crippen LogP contribution is -2.82. The maximum absolute atomic E-state index is 8.57. The second-order valence-corrected chi connectivity index (χ2v) is 6.08. The normalized spacial score (nSPS) is 47.2. The topological polar surface area (TPSA) is 62.3 Å². The van der Waals surface area contributed by atoms with E-state index in [0.29, 0.717) is 31.0 Å². The summed E-state index contributed by atoms with van der Waals surface area (Å²) in [6.45, 7) is 6.20. The largest absolute Gasteiger partial charge is 0.374 e. The summed E-state index contributed by atoms with van der Waals surface area (Å²) >= 11 is 0. The zero-order chi connectivity index (χ0) is 12.2. The van der Waals surface area contributed by atoms with Crippen LogP contribution < -0.4 is 5.73 Å². The molecule has 5 atom stereocenters. The molecule has 2 saturated carbocycles. The Hall–Kier alpha value is -0.630. The number of ether oxygens (including phenoxy) is 1. The Bertz CT molecular complexity index is 364. The Morgan fingerprint density at radius 1 is 1.59 bits per heavy atom. The summed E-state index contributed by atoms with van der Waals surface area (Å²) in [4.78, 5) is 2.55. The number of rotatable bonds is 4. The van der Waals surface area contributed by atoms with Gasteiger partial charge in [-0.1, -0.05) is 0 Å². The van der Waals surface area contributed by atoms with Crippen LogP contribution in [0.1, 0.15) is 26.7 Å². The average molecular weight is 235 g/mol. The molecule has 0 aromatic carbocycles. The van der Waals surface area contributed by atoms with Crippen LogP contribution in [0.25, 0.3) is 0 Å². The van der Waals surface area contributed by atoms with E-state index < -0.39 is 0 Å². The summed E-state index contributed by atoms with van der Waals surface area (Å²) in [6.07, 6.45) is 1.73. The van der Waals surface area contributed by atoms with Gasteiger partial charge in [-0.25, -0.2) is 0 Å². The monoisotopic (exact) mass is 235 g/mol. The molecule has 3 rings (SSSR count). The zero-order valence-electron chi connectivity index (χ0n) is 10.6. The number of hydrogen-bond acceptors (Lipinski definition) is 4. The molecule has 17 heavy (non-hydrogen) atoms. The second-order valence-electron chi connectivity index (χ2n) is 6.08. The number of hydrogen-bond donors (Lipinski definition) is 1. The minimum Gasteiger partial charge on any atom is -0.374 e. The molecule has 3 aliphatic rings. The van der Waals surface area contributed by atoms with Gasteiger partial charge in [0.05, 0.1) is 25.2 Å². The summed E-state index contributed by atoms with van der Waals surface area (Å²) in [6, 6.07) is 3.20. The summed E-state index contributed by atoms with van der Waals surface area (Å²) in [5, 5.41) is 8.57. The van der Waals surface area contributed by atoms with Crippen LogP contribution in [0.15, 0.2) is 0 Å². The summed E-state index contributed by atoms with van der Waals surface area (Å²) in [5.74, 6) is 1.44. The fourth-order valence-electron chi connectivity index (χ4n) is 4.28. The van der Waals surface area contributed by atoms with Crippen molar-refractivity contribution in [1.29, 1.82) is 5.26 Å². The minimum atomic E-state index is -0.0750. The van der Waals surface area contributed by atoms with E-state index in [1.807, 2.05) is 0 Å². The maximum atomic E-state index is 8.57. The number of nitrogens with two attached hydrogens (primary N) is 1. The van der Waals surface area contributed by atoms with Crippen molar-refractivity contribution in [2.24, 2.45) is 17.6 Å². The molecule has 0 aromatic rings. The Morgan fingerprint density at radius 2 is 2.35 bits per heavy atom. The molecule has 0 bridgehead atoms. The highest BCUT2D eigenvalue weighted by atomic mass is 16.5. The van der Waals surface area contributed by atoms with Gasteiger partial charge in [0.25, 0.3) is 0 Å². The fourth-order valence-corrected chi connectivity index (χ4v) is 4.28. The van der Waals surface area contributed by atoms with Gasteiger partial charge in [-0.3, -0.25) is 4.90 Å². The Morgan fingerprint density at radius 3 is 3.00 bits per heavy atom. The Labute approximate surface area is 103 Å². The first kappa shape index (κ1) is 11.5. The standard InChI is InChI=1S/C13H21N3O/c1-8(2)16-7-9-6-13(15)10(9)11(16)12(13)17-5-3-4-14/h8-12H,3,5-7,15H2,1-2H3/t9-,10-,11+,12-,13?/m1/s1. The van der Waals surface area contributed by atoms with Crippen LogP contribution in [0.4, 0.5) is 0 Å². The van der Waals surface area contributed by atoms with E-state index in [9.17, 15) is 0 Å². The van der Waals surface area contributed by atoms with E-state index in [1.54, 1.807) is 0 Å². The van der Waals surface area contributed by atoms with Crippen LogP contribution in [0.5, 0.6) is 0 Å². The third-order valence-corrected chi connectivity index (χ3v) is 4.95. The predicted molar refractivity (Wildman–Crippen MR) is 64.1 cm³/mol. The Balaban J connectivity index is 1.70. The molecular weight excluding hydrogens is 214 g/mol.